The van der Waals surface area contributed by atoms with Gasteiger partial charge in [-0.25, -0.2) is 0 Å². The first kappa shape index (κ1) is 10.0. The largest absolute Gasteiger partial charge is 0.392 e. The highest BCUT2D eigenvalue weighted by Crippen LogP contribution is 2.30. The topological polar surface area (TPSA) is 23.5 Å². The van der Waals surface area contributed by atoms with Gasteiger partial charge in [-0.2, -0.15) is 0 Å². The molecular weight excluding hydrogens is 150 g/mol. The SMILES string of the molecule is CCN(CC1CC1)C(C)C(C)O. The van der Waals surface area contributed by atoms with Crippen molar-refractivity contribution < 1.29 is 5.11 Å². The maximum absolute atomic E-state index is 9.41. The van der Waals surface area contributed by atoms with E-state index in [9.17, 15) is 5.11 Å². The van der Waals surface area contributed by atoms with Crippen LogP contribution in [0.3, 0.4) is 0 Å². The lowest BCUT2D eigenvalue weighted by Gasteiger charge is -2.29. The van der Waals surface area contributed by atoms with E-state index in [0.29, 0.717) is 6.04 Å². The van der Waals surface area contributed by atoms with E-state index in [2.05, 4.69) is 18.7 Å². The zero-order chi connectivity index (χ0) is 9.14. The van der Waals surface area contributed by atoms with Crippen LogP contribution in [0.2, 0.25) is 0 Å². The normalized spacial score (nSPS) is 22.8. The molecule has 0 saturated heterocycles. The number of hydrogen-bond acceptors (Lipinski definition) is 2. The van der Waals surface area contributed by atoms with Gasteiger partial charge in [0.1, 0.15) is 0 Å². The molecule has 1 saturated carbocycles. The number of likely N-dealkylation sites (N-methyl/N-ethyl adjacent to an activating group) is 1. The summed E-state index contributed by atoms with van der Waals surface area (Å²) in [7, 11) is 0. The van der Waals surface area contributed by atoms with Crippen molar-refractivity contribution >= 4 is 0 Å². The van der Waals surface area contributed by atoms with Crippen molar-refractivity contribution in [2.75, 3.05) is 13.1 Å². The predicted molar refractivity (Wildman–Crippen MR) is 51.1 cm³/mol. The summed E-state index contributed by atoms with van der Waals surface area (Å²) in [4.78, 5) is 2.38. The van der Waals surface area contributed by atoms with E-state index in [1.54, 1.807) is 0 Å². The third-order valence-electron chi connectivity index (χ3n) is 2.87. The molecule has 0 aromatic rings. The second kappa shape index (κ2) is 4.24. The fraction of sp³-hybridized carbons (Fsp3) is 1.00. The molecular formula is C10H21NO. The number of hydrogen-bond donors (Lipinski definition) is 1. The van der Waals surface area contributed by atoms with E-state index in [-0.39, 0.29) is 6.10 Å². The summed E-state index contributed by atoms with van der Waals surface area (Å²) >= 11 is 0. The molecule has 1 N–H and O–H groups in total. The van der Waals surface area contributed by atoms with Gasteiger partial charge in [0.05, 0.1) is 6.10 Å². The van der Waals surface area contributed by atoms with Crippen LogP contribution in [0.5, 0.6) is 0 Å². The lowest BCUT2D eigenvalue weighted by atomic mass is 10.1. The van der Waals surface area contributed by atoms with Crippen LogP contribution in [-0.4, -0.2) is 35.2 Å². The summed E-state index contributed by atoms with van der Waals surface area (Å²) in [5, 5.41) is 9.41. The Hall–Kier alpha value is -0.0800. The van der Waals surface area contributed by atoms with Gasteiger partial charge in [0.25, 0.3) is 0 Å². The lowest BCUT2D eigenvalue weighted by molar-refractivity contribution is 0.0711. The van der Waals surface area contributed by atoms with Crippen LogP contribution >= 0.6 is 0 Å². The second-order valence-corrected chi connectivity index (χ2v) is 4.01. The number of nitrogens with zero attached hydrogens (tertiary/aromatic N) is 1. The van der Waals surface area contributed by atoms with Crippen molar-refractivity contribution in [3.8, 4) is 0 Å². The van der Waals surface area contributed by atoms with E-state index in [1.807, 2.05) is 6.92 Å². The molecule has 0 aliphatic heterocycles. The number of aliphatic hydroxyl groups is 1. The first-order chi connectivity index (χ1) is 5.65. The molecule has 0 amide bonds. The van der Waals surface area contributed by atoms with Crippen molar-refractivity contribution in [2.45, 2.75) is 45.8 Å². The molecule has 0 aromatic heterocycles. The molecule has 0 radical (unpaired) electrons. The van der Waals surface area contributed by atoms with Gasteiger partial charge in [-0.3, -0.25) is 4.90 Å². The molecule has 1 aliphatic carbocycles. The molecule has 2 atom stereocenters. The maximum Gasteiger partial charge on any atom is 0.0664 e. The molecule has 2 unspecified atom stereocenters. The number of aliphatic hydroxyl groups excluding tert-OH is 1. The van der Waals surface area contributed by atoms with Crippen molar-refractivity contribution in [3.63, 3.8) is 0 Å². The monoisotopic (exact) mass is 171 g/mol. The minimum Gasteiger partial charge on any atom is -0.392 e. The molecule has 12 heavy (non-hydrogen) atoms. The van der Waals surface area contributed by atoms with Crippen LogP contribution < -0.4 is 0 Å². The third-order valence-corrected chi connectivity index (χ3v) is 2.87. The Morgan fingerprint density at radius 2 is 2.00 bits per heavy atom. The summed E-state index contributed by atoms with van der Waals surface area (Å²) in [5.74, 6) is 0.922. The highest BCUT2D eigenvalue weighted by molar-refractivity contribution is 4.80. The molecule has 0 bridgehead atoms. The van der Waals surface area contributed by atoms with Gasteiger partial charge in [-0.05, 0) is 39.2 Å². The van der Waals surface area contributed by atoms with E-state index >= 15 is 0 Å². The smallest absolute Gasteiger partial charge is 0.0664 e. The lowest BCUT2D eigenvalue weighted by Crippen LogP contribution is -2.41. The Bertz CT molecular complexity index is 132. The summed E-state index contributed by atoms with van der Waals surface area (Å²) in [6.45, 7) is 8.39. The first-order valence-corrected chi connectivity index (χ1v) is 5.07. The summed E-state index contributed by atoms with van der Waals surface area (Å²) in [5.41, 5.74) is 0. The molecule has 1 fully saturated rings. The Kier molecular flexibility index (Phi) is 3.53. The molecule has 2 nitrogen and oxygen atoms in total. The first-order valence-electron chi connectivity index (χ1n) is 5.07. The molecule has 0 aromatic carbocycles. The highest BCUT2D eigenvalue weighted by Gasteiger charge is 2.26. The van der Waals surface area contributed by atoms with Crippen LogP contribution in [0.1, 0.15) is 33.6 Å². The van der Waals surface area contributed by atoms with Crippen LogP contribution in [0.4, 0.5) is 0 Å². The van der Waals surface area contributed by atoms with Gasteiger partial charge in [-0.1, -0.05) is 6.92 Å². The Morgan fingerprint density at radius 1 is 1.42 bits per heavy atom. The van der Waals surface area contributed by atoms with Crippen molar-refractivity contribution in [2.24, 2.45) is 5.92 Å². The standard InChI is InChI=1S/C10H21NO/c1-4-11(7-10-5-6-10)8(2)9(3)12/h8-10,12H,4-7H2,1-3H3. The molecule has 0 heterocycles. The van der Waals surface area contributed by atoms with Crippen molar-refractivity contribution in [1.29, 1.82) is 0 Å². The van der Waals surface area contributed by atoms with Gasteiger partial charge in [0.2, 0.25) is 0 Å². The molecule has 2 heteroatoms. The van der Waals surface area contributed by atoms with E-state index < -0.39 is 0 Å². The van der Waals surface area contributed by atoms with Crippen LogP contribution in [-0.2, 0) is 0 Å². The van der Waals surface area contributed by atoms with E-state index in [1.165, 1.54) is 19.4 Å². The quantitative estimate of drug-likeness (QED) is 0.677. The van der Waals surface area contributed by atoms with Crippen molar-refractivity contribution in [3.05, 3.63) is 0 Å². The van der Waals surface area contributed by atoms with Crippen LogP contribution in [0.25, 0.3) is 0 Å². The van der Waals surface area contributed by atoms with E-state index in [4.69, 9.17) is 0 Å². The Morgan fingerprint density at radius 3 is 2.33 bits per heavy atom. The van der Waals surface area contributed by atoms with E-state index in [0.717, 1.165) is 12.5 Å². The predicted octanol–water partition coefficient (Wildman–Crippen LogP) is 1.49. The van der Waals surface area contributed by atoms with Crippen LogP contribution in [0, 0.1) is 5.92 Å². The van der Waals surface area contributed by atoms with Gasteiger partial charge in [0.15, 0.2) is 0 Å². The van der Waals surface area contributed by atoms with Crippen molar-refractivity contribution in [1.82, 2.24) is 4.90 Å². The zero-order valence-electron chi connectivity index (χ0n) is 8.45. The van der Waals surface area contributed by atoms with Gasteiger partial charge in [-0.15, -0.1) is 0 Å². The number of rotatable bonds is 5. The minimum absolute atomic E-state index is 0.205. The molecule has 0 spiro atoms. The van der Waals surface area contributed by atoms with Gasteiger partial charge >= 0.3 is 0 Å². The third kappa shape index (κ3) is 2.76. The average molecular weight is 171 g/mol. The summed E-state index contributed by atoms with van der Waals surface area (Å²) < 4.78 is 0. The fourth-order valence-corrected chi connectivity index (χ4v) is 1.52. The molecule has 1 rings (SSSR count). The molecule has 1 aliphatic rings. The average Bonchev–Trinajstić information content (AvgIpc) is 2.82. The van der Waals surface area contributed by atoms with Gasteiger partial charge in [0, 0.05) is 12.6 Å². The maximum atomic E-state index is 9.41. The zero-order valence-corrected chi connectivity index (χ0v) is 8.45. The molecule has 72 valence electrons. The Labute approximate surface area is 75.6 Å². The summed E-state index contributed by atoms with van der Waals surface area (Å²) in [6.07, 6.45) is 2.58. The van der Waals surface area contributed by atoms with Crippen LogP contribution in [0.15, 0.2) is 0 Å². The highest BCUT2D eigenvalue weighted by atomic mass is 16.3. The fourth-order valence-electron chi connectivity index (χ4n) is 1.52. The summed E-state index contributed by atoms with van der Waals surface area (Å²) in [6, 6.07) is 0.315. The Balaban J connectivity index is 2.31. The minimum atomic E-state index is -0.205. The van der Waals surface area contributed by atoms with Gasteiger partial charge < -0.3 is 5.11 Å². The second-order valence-electron chi connectivity index (χ2n) is 4.01.